The van der Waals surface area contributed by atoms with Crippen molar-refractivity contribution in [2.24, 2.45) is 5.92 Å². The van der Waals surface area contributed by atoms with Crippen molar-refractivity contribution >= 4 is 5.91 Å². The van der Waals surface area contributed by atoms with Gasteiger partial charge in [0.2, 0.25) is 5.91 Å². The zero-order chi connectivity index (χ0) is 13.9. The maximum absolute atomic E-state index is 12.2. The molecule has 2 unspecified atom stereocenters. The zero-order valence-electron chi connectivity index (χ0n) is 11.6. The predicted octanol–water partition coefficient (Wildman–Crippen LogP) is 0.978. The van der Waals surface area contributed by atoms with E-state index in [1.54, 1.807) is 0 Å². The highest BCUT2D eigenvalue weighted by Crippen LogP contribution is 2.24. The van der Waals surface area contributed by atoms with Crippen LogP contribution in [0.1, 0.15) is 30.4 Å². The molecule has 3 rings (SSSR count). The van der Waals surface area contributed by atoms with Gasteiger partial charge in [-0.15, -0.1) is 0 Å². The van der Waals surface area contributed by atoms with Crippen molar-refractivity contribution in [1.82, 2.24) is 10.6 Å². The highest BCUT2D eigenvalue weighted by atomic mass is 16.3. The minimum atomic E-state index is -0.240. The van der Waals surface area contributed by atoms with Gasteiger partial charge in [-0.25, -0.2) is 0 Å². The van der Waals surface area contributed by atoms with Crippen LogP contribution in [0.4, 0.5) is 0 Å². The summed E-state index contributed by atoms with van der Waals surface area (Å²) >= 11 is 0. The number of carbonyl (C=O) groups is 1. The summed E-state index contributed by atoms with van der Waals surface area (Å²) in [6.45, 7) is 1.35. The molecule has 1 aliphatic carbocycles. The van der Waals surface area contributed by atoms with Gasteiger partial charge in [0.1, 0.15) is 0 Å². The van der Waals surface area contributed by atoms with Gasteiger partial charge in [-0.3, -0.25) is 4.79 Å². The van der Waals surface area contributed by atoms with Crippen LogP contribution in [0.3, 0.4) is 0 Å². The monoisotopic (exact) mass is 274 g/mol. The molecule has 1 saturated carbocycles. The Morgan fingerprint density at radius 3 is 2.85 bits per heavy atom. The van der Waals surface area contributed by atoms with Crippen molar-refractivity contribution < 1.29 is 9.90 Å². The Kier molecular flexibility index (Phi) is 4.03. The van der Waals surface area contributed by atoms with Gasteiger partial charge in [-0.1, -0.05) is 30.7 Å². The third-order valence-corrected chi connectivity index (χ3v) is 4.56. The quantitative estimate of drug-likeness (QED) is 0.770. The van der Waals surface area contributed by atoms with Gasteiger partial charge in [-0.2, -0.15) is 0 Å². The highest BCUT2D eigenvalue weighted by molar-refractivity contribution is 5.82. The number of nitrogens with one attached hydrogen (secondary N) is 2. The topological polar surface area (TPSA) is 61.4 Å². The van der Waals surface area contributed by atoms with Crippen molar-refractivity contribution in [1.29, 1.82) is 0 Å². The lowest BCUT2D eigenvalue weighted by Gasteiger charge is -2.26. The third-order valence-electron chi connectivity index (χ3n) is 4.56. The van der Waals surface area contributed by atoms with Crippen molar-refractivity contribution in [3.05, 3.63) is 35.4 Å². The second kappa shape index (κ2) is 5.94. The van der Waals surface area contributed by atoms with E-state index in [4.69, 9.17) is 0 Å². The van der Waals surface area contributed by atoms with Crippen molar-refractivity contribution in [3.63, 3.8) is 0 Å². The van der Waals surface area contributed by atoms with Crippen LogP contribution in [-0.4, -0.2) is 29.7 Å². The maximum atomic E-state index is 12.2. The molecular weight excluding hydrogens is 252 g/mol. The Labute approximate surface area is 119 Å². The summed E-state index contributed by atoms with van der Waals surface area (Å²) in [4.78, 5) is 12.2. The number of hydrogen-bond acceptors (Lipinski definition) is 3. The van der Waals surface area contributed by atoms with Crippen LogP contribution in [0, 0.1) is 5.92 Å². The summed E-state index contributed by atoms with van der Waals surface area (Å²) in [5.41, 5.74) is 2.54. The Bertz CT molecular complexity index is 489. The molecule has 3 atom stereocenters. The van der Waals surface area contributed by atoms with E-state index < -0.39 is 0 Å². The first kappa shape index (κ1) is 13.6. The molecule has 0 bridgehead atoms. The van der Waals surface area contributed by atoms with E-state index in [0.29, 0.717) is 6.54 Å². The molecule has 0 saturated heterocycles. The van der Waals surface area contributed by atoms with Crippen molar-refractivity contribution in [2.75, 3.05) is 6.54 Å². The van der Waals surface area contributed by atoms with Gasteiger partial charge in [0.05, 0.1) is 12.1 Å². The van der Waals surface area contributed by atoms with E-state index >= 15 is 0 Å². The molecule has 1 aromatic rings. The van der Waals surface area contributed by atoms with Gasteiger partial charge in [0, 0.05) is 19.0 Å². The van der Waals surface area contributed by atoms with Crippen LogP contribution in [0.5, 0.6) is 0 Å². The number of fused-ring (bicyclic) bond motifs is 1. The number of carbonyl (C=O) groups excluding carboxylic acids is 1. The smallest absolute Gasteiger partial charge is 0.237 e. The van der Waals surface area contributed by atoms with Gasteiger partial charge >= 0.3 is 0 Å². The molecule has 20 heavy (non-hydrogen) atoms. The summed E-state index contributed by atoms with van der Waals surface area (Å²) in [6, 6.07) is 8.10. The molecule has 3 N–H and O–H groups in total. The molecule has 1 heterocycles. The van der Waals surface area contributed by atoms with E-state index in [-0.39, 0.29) is 24.0 Å². The molecule has 4 heteroatoms. The van der Waals surface area contributed by atoms with Gasteiger partial charge in [0.15, 0.2) is 0 Å². The molecule has 4 nitrogen and oxygen atoms in total. The SMILES string of the molecule is O=C(NCC1CCCC1O)[C@H]1Cc2ccccc2CN1. The Balaban J connectivity index is 1.54. The molecule has 1 aliphatic heterocycles. The fourth-order valence-electron chi connectivity index (χ4n) is 3.25. The summed E-state index contributed by atoms with van der Waals surface area (Å²) < 4.78 is 0. The normalized spacial score (nSPS) is 28.9. The molecule has 2 aliphatic rings. The van der Waals surface area contributed by atoms with Crippen LogP contribution in [0.2, 0.25) is 0 Å². The minimum Gasteiger partial charge on any atom is -0.393 e. The van der Waals surface area contributed by atoms with Crippen LogP contribution in [0.15, 0.2) is 24.3 Å². The van der Waals surface area contributed by atoms with Crippen LogP contribution in [-0.2, 0) is 17.8 Å². The van der Waals surface area contributed by atoms with Crippen LogP contribution < -0.4 is 10.6 Å². The molecule has 0 aromatic heterocycles. The fraction of sp³-hybridized carbons (Fsp3) is 0.562. The van der Waals surface area contributed by atoms with Gasteiger partial charge in [-0.05, 0) is 30.4 Å². The summed E-state index contributed by atoms with van der Waals surface area (Å²) in [5, 5.41) is 16.1. The molecule has 0 spiro atoms. The average Bonchev–Trinajstić information content (AvgIpc) is 2.89. The van der Waals surface area contributed by atoms with E-state index in [1.165, 1.54) is 11.1 Å². The number of amides is 1. The highest BCUT2D eigenvalue weighted by Gasteiger charge is 2.28. The zero-order valence-corrected chi connectivity index (χ0v) is 11.6. The van der Waals surface area contributed by atoms with Crippen molar-refractivity contribution in [2.45, 2.75) is 44.4 Å². The number of benzene rings is 1. The number of rotatable bonds is 3. The largest absolute Gasteiger partial charge is 0.393 e. The lowest BCUT2D eigenvalue weighted by molar-refractivity contribution is -0.123. The Hall–Kier alpha value is -1.39. The molecule has 1 fully saturated rings. The number of aliphatic hydroxyl groups excluding tert-OH is 1. The molecule has 1 amide bonds. The average molecular weight is 274 g/mol. The predicted molar refractivity (Wildman–Crippen MR) is 77.1 cm³/mol. The fourth-order valence-corrected chi connectivity index (χ4v) is 3.25. The lowest BCUT2D eigenvalue weighted by Crippen LogP contribution is -2.49. The number of aliphatic hydroxyl groups is 1. The Morgan fingerprint density at radius 1 is 1.30 bits per heavy atom. The first-order chi connectivity index (χ1) is 9.74. The second-order valence-electron chi connectivity index (χ2n) is 5.91. The maximum Gasteiger partial charge on any atom is 0.237 e. The first-order valence-corrected chi connectivity index (χ1v) is 7.50. The summed E-state index contributed by atoms with van der Waals surface area (Å²) in [5.74, 6) is 0.286. The Morgan fingerprint density at radius 2 is 2.10 bits per heavy atom. The standard InChI is InChI=1S/C16H22N2O2/c19-15-7-3-6-13(15)10-18-16(20)14-8-11-4-1-2-5-12(11)9-17-14/h1-2,4-5,13-15,17,19H,3,6-10H2,(H,18,20)/t13?,14-,15?/m1/s1. The van der Waals surface area contributed by atoms with Gasteiger partial charge in [0.25, 0.3) is 0 Å². The molecule has 1 aromatic carbocycles. The number of hydrogen-bond donors (Lipinski definition) is 3. The summed E-state index contributed by atoms with van der Waals surface area (Å²) in [7, 11) is 0. The van der Waals surface area contributed by atoms with Crippen LogP contribution in [0.25, 0.3) is 0 Å². The van der Waals surface area contributed by atoms with E-state index in [2.05, 4.69) is 22.8 Å². The molecular formula is C16H22N2O2. The third kappa shape index (κ3) is 2.86. The van der Waals surface area contributed by atoms with E-state index in [9.17, 15) is 9.90 Å². The lowest BCUT2D eigenvalue weighted by atomic mass is 9.95. The minimum absolute atomic E-state index is 0.0543. The van der Waals surface area contributed by atoms with E-state index in [0.717, 1.165) is 32.2 Å². The van der Waals surface area contributed by atoms with Crippen molar-refractivity contribution in [3.8, 4) is 0 Å². The molecule has 0 radical (unpaired) electrons. The summed E-state index contributed by atoms with van der Waals surface area (Å²) in [6.07, 6.45) is 3.46. The second-order valence-corrected chi connectivity index (χ2v) is 5.91. The first-order valence-electron chi connectivity index (χ1n) is 7.50. The molecule has 108 valence electrons. The van der Waals surface area contributed by atoms with E-state index in [1.807, 2.05) is 12.1 Å². The van der Waals surface area contributed by atoms with Crippen LogP contribution >= 0.6 is 0 Å². The van der Waals surface area contributed by atoms with Gasteiger partial charge < -0.3 is 15.7 Å².